The molecule has 628 valence electrons. The third-order valence-electron chi connectivity index (χ3n) is 24.1. The summed E-state index contributed by atoms with van der Waals surface area (Å²) >= 11 is 6.78. The van der Waals surface area contributed by atoms with E-state index in [0.717, 1.165) is 98.1 Å². The van der Waals surface area contributed by atoms with Crippen LogP contribution in [0.5, 0.6) is 23.5 Å². The summed E-state index contributed by atoms with van der Waals surface area (Å²) in [6, 6.07) is 38.2. The van der Waals surface area contributed by atoms with Crippen molar-refractivity contribution in [3.63, 3.8) is 0 Å². The van der Waals surface area contributed by atoms with Crippen LogP contribution in [-0.2, 0) is 0 Å². The number of rotatable bonds is 16. The van der Waals surface area contributed by atoms with Crippen molar-refractivity contribution in [1.82, 2.24) is 84.4 Å². The summed E-state index contributed by atoms with van der Waals surface area (Å²) in [6.45, 7) is 6.35. The summed E-state index contributed by atoms with van der Waals surface area (Å²) in [6.07, 6.45) is 29.5. The third kappa shape index (κ3) is 18.4. The topological polar surface area (TPSA) is 278 Å². The van der Waals surface area contributed by atoms with E-state index < -0.39 is 23.3 Å². The quantitative estimate of drug-likeness (QED) is 0.0813. The van der Waals surface area contributed by atoms with Crippen LogP contribution in [-0.4, -0.2) is 183 Å². The molecule has 8 bridgehead atoms. The zero-order chi connectivity index (χ0) is 84.8. The molecule has 16 heterocycles. The van der Waals surface area contributed by atoms with Gasteiger partial charge in [-0.25, -0.2) is 67.4 Å². The highest BCUT2D eigenvalue weighted by atomic mass is 79.9. The first-order chi connectivity index (χ1) is 59.9. The molecule has 24 rings (SSSR count). The van der Waals surface area contributed by atoms with Gasteiger partial charge >= 0.3 is 0 Å². The Balaban J connectivity index is 0.000000116. The van der Waals surface area contributed by atoms with Crippen molar-refractivity contribution in [1.29, 1.82) is 0 Å². The minimum atomic E-state index is -0.553. The lowest BCUT2D eigenvalue weighted by atomic mass is 9.77. The van der Waals surface area contributed by atoms with E-state index in [1.54, 1.807) is 122 Å². The van der Waals surface area contributed by atoms with Gasteiger partial charge in [-0.3, -0.25) is 19.2 Å². The molecule has 123 heavy (non-hydrogen) atoms. The second kappa shape index (κ2) is 37.1. The van der Waals surface area contributed by atoms with E-state index in [1.165, 1.54) is 47.5 Å². The van der Waals surface area contributed by atoms with Gasteiger partial charge in [0.2, 0.25) is 17.6 Å². The highest BCUT2D eigenvalue weighted by molar-refractivity contribution is 9.10. The number of ether oxygens (including phenoxy) is 4. The van der Waals surface area contributed by atoms with E-state index in [0.29, 0.717) is 71.8 Å². The number of benzene rings is 4. The molecular formula is C92H85Br2F4N17O8. The number of piperidine rings is 8. The van der Waals surface area contributed by atoms with Crippen molar-refractivity contribution in [3.8, 4) is 63.4 Å². The molecule has 4 aliphatic carbocycles. The monoisotopic (exact) mass is 1790 g/mol. The van der Waals surface area contributed by atoms with Gasteiger partial charge in [0.15, 0.2) is 23.3 Å². The number of carbonyl (C=O) groups is 4. The van der Waals surface area contributed by atoms with E-state index in [4.69, 9.17) is 18.9 Å². The molecule has 0 N–H and O–H groups in total. The average Bonchev–Trinajstić information content (AvgIpc) is 1.02. The molecule has 12 aromatic rings. The van der Waals surface area contributed by atoms with Crippen molar-refractivity contribution in [2.75, 3.05) is 26.2 Å². The number of carbonyl (C=O) groups excluding carboxylic acids is 4. The molecule has 4 aromatic carbocycles. The molecule has 4 saturated carbocycles. The lowest BCUT2D eigenvalue weighted by molar-refractivity contribution is -0.0326. The van der Waals surface area contributed by atoms with Crippen LogP contribution in [0.3, 0.4) is 0 Å². The predicted molar refractivity (Wildman–Crippen MR) is 452 cm³/mol. The number of halogens is 6. The Kier molecular flexibility index (Phi) is 25.0. The largest absolute Gasteiger partial charge is 0.472 e. The zero-order valence-corrected chi connectivity index (χ0v) is 70.3. The Hall–Kier alpha value is -12.4. The second-order valence-corrected chi connectivity index (χ2v) is 33.9. The Morgan fingerprint density at radius 2 is 0.683 bits per heavy atom. The van der Waals surface area contributed by atoms with Crippen LogP contribution in [0.1, 0.15) is 130 Å². The van der Waals surface area contributed by atoms with Crippen molar-refractivity contribution in [2.45, 2.75) is 139 Å². The first-order valence-electron chi connectivity index (χ1n) is 41.2. The van der Waals surface area contributed by atoms with Gasteiger partial charge in [-0.15, -0.1) is 0 Å². The number of amides is 4. The summed E-state index contributed by atoms with van der Waals surface area (Å²) in [5, 5.41) is 8.40. The van der Waals surface area contributed by atoms with Gasteiger partial charge in [-0.2, -0.15) is 15.0 Å². The van der Waals surface area contributed by atoms with Crippen LogP contribution in [0.25, 0.3) is 39.9 Å². The summed E-state index contributed by atoms with van der Waals surface area (Å²) in [4.78, 5) is 105. The number of aromatic nitrogens is 13. The number of fused-ring (bicyclic) bond motifs is 12. The number of aryl methyl sites for hydroxylation is 2. The Morgan fingerprint density at radius 3 is 1.03 bits per heavy atom. The predicted octanol–water partition coefficient (Wildman–Crippen LogP) is 16.3. The molecule has 8 aromatic heterocycles. The smallest absolute Gasteiger partial charge is 0.256 e. The zero-order valence-electron chi connectivity index (χ0n) is 67.1. The maximum absolute atomic E-state index is 14.8. The number of pyridine rings is 4. The van der Waals surface area contributed by atoms with Crippen molar-refractivity contribution >= 4 is 55.5 Å². The van der Waals surface area contributed by atoms with Gasteiger partial charge in [-0.1, -0.05) is 36.4 Å². The molecule has 4 amide bonds. The fourth-order valence-electron chi connectivity index (χ4n) is 18.4. The van der Waals surface area contributed by atoms with E-state index in [-0.39, 0.29) is 135 Å². The fraction of sp³-hybridized carbons (Fsp3) is 0.326. The SMILES string of the molecule is Cc1ccc(OC2CC3CCC2N(C(=O)c2cccc(F)c2-c2ncccn2)C3)nc1.Cc1cnc(OC2CC3CCC2N(C(=O)c2cccc(F)c2-c2ncccn2)C3)c(F)c1.O=C(c1cccc(F)c1-c1ncccn1)N1CC2CCC1C(Oc1ccc(Br)cn1)C2.O=C(c1ccccc1-n1nccn1)N1CC2CCC1C(Oc1ccc(Br)cn1)C2. The Bertz CT molecular complexity index is 5580. The van der Waals surface area contributed by atoms with Gasteiger partial charge < -0.3 is 38.5 Å². The number of nitrogens with zero attached hydrogens (tertiary/aromatic N) is 17. The Morgan fingerprint density at radius 1 is 0.341 bits per heavy atom. The molecule has 12 aliphatic rings. The lowest BCUT2D eigenvalue weighted by Crippen LogP contribution is -2.59. The normalized spacial score (nSPS) is 22.5. The molecular weight excluding hydrogens is 1710 g/mol. The van der Waals surface area contributed by atoms with Crippen LogP contribution in [0.15, 0.2) is 223 Å². The summed E-state index contributed by atoms with van der Waals surface area (Å²) in [5.41, 5.74) is 4.21. The molecule has 12 atom stereocenters. The van der Waals surface area contributed by atoms with E-state index in [1.807, 2.05) is 82.3 Å². The maximum Gasteiger partial charge on any atom is 0.256 e. The van der Waals surface area contributed by atoms with Gasteiger partial charge in [0.05, 0.1) is 81.2 Å². The summed E-state index contributed by atoms with van der Waals surface area (Å²) in [7, 11) is 0. The van der Waals surface area contributed by atoms with Crippen LogP contribution in [0.4, 0.5) is 17.6 Å². The molecule has 31 heteroatoms. The summed E-state index contributed by atoms with van der Waals surface area (Å²) < 4.78 is 84.9. The molecule has 12 fully saturated rings. The molecule has 8 aliphatic heterocycles. The highest BCUT2D eigenvalue weighted by Gasteiger charge is 2.50. The average molecular weight is 1790 g/mol. The van der Waals surface area contributed by atoms with Gasteiger partial charge in [0, 0.05) is 115 Å². The second-order valence-electron chi connectivity index (χ2n) is 32.1. The van der Waals surface area contributed by atoms with Crippen molar-refractivity contribution < 1.29 is 55.7 Å². The third-order valence-corrected chi connectivity index (χ3v) is 25.0. The molecule has 25 nitrogen and oxygen atoms in total. The lowest BCUT2D eigenvalue weighted by Gasteiger charge is -2.49. The first-order valence-corrected chi connectivity index (χ1v) is 42.8. The van der Waals surface area contributed by atoms with Crippen LogP contribution < -0.4 is 18.9 Å². The van der Waals surface area contributed by atoms with Gasteiger partial charge in [0.25, 0.3) is 29.5 Å². The Labute approximate surface area is 723 Å². The molecule has 8 saturated heterocycles. The highest BCUT2D eigenvalue weighted by Crippen LogP contribution is 2.45. The molecule has 12 unspecified atom stereocenters. The van der Waals surface area contributed by atoms with Gasteiger partial charge in [-0.05, 0) is 242 Å². The number of hydrogen-bond donors (Lipinski definition) is 0. The van der Waals surface area contributed by atoms with Crippen LogP contribution in [0, 0.1) is 60.8 Å². The number of para-hydroxylation sites is 1. The van der Waals surface area contributed by atoms with Gasteiger partial charge in [0.1, 0.15) is 41.9 Å². The van der Waals surface area contributed by atoms with E-state index in [2.05, 4.69) is 91.9 Å². The number of hydrogen-bond acceptors (Lipinski definition) is 20. The first kappa shape index (κ1) is 82.9. The minimum Gasteiger partial charge on any atom is -0.472 e. The van der Waals surface area contributed by atoms with Crippen molar-refractivity contribution in [3.05, 3.63) is 279 Å². The minimum absolute atomic E-state index is 0.00432. The van der Waals surface area contributed by atoms with Crippen molar-refractivity contribution in [2.24, 2.45) is 23.7 Å². The summed E-state index contributed by atoms with van der Waals surface area (Å²) in [5.74, 6) is 0.812. The maximum atomic E-state index is 14.8. The molecule has 0 spiro atoms. The fourth-order valence-corrected chi connectivity index (χ4v) is 18.9. The molecule has 0 radical (unpaired) electrons. The standard InChI is InChI=1S/C24H22F2N4O2.C24H23FN4O2.C23H20BrFN4O2.C21H20BrN5O2/c1-14-10-18(26)23(29-12-14)32-20-11-15-6-7-19(20)30(13-15)24(31)16-4-2-5-17(25)21(16)22-27-8-3-9-28-22;1-15-6-9-21(28-13-15)31-20-12-16-7-8-19(20)29(14-16)24(30)17-4-2-5-18(25)22(17)23-26-10-3-11-27-23;24-15-6-8-20(28-12-15)31-19-11-14-5-7-18(19)29(13-14)23(30)16-3-1-4-17(25)21(16)22-26-9-2-10-27-22;22-15-6-8-20(23-12-15)29-19-11-14-5-7-18(19)26(13-14)21(28)16-3-1-2-4-17(16)27-24-9-10-25-27/h2-5,8-10,12,15,19-20H,6-7,11,13H2,1H3;2-6,9-11,13,16,19-20H,7-8,12,14H2,1H3;1-4,6,8-10,12,14,18-19H,5,7,11,13H2;1-4,6,8-10,12,14,18-19H,5,7,11,13H2. The van der Waals surface area contributed by atoms with E-state index >= 15 is 0 Å². The van der Waals surface area contributed by atoms with Crippen LogP contribution in [0.2, 0.25) is 0 Å². The van der Waals surface area contributed by atoms with Crippen LogP contribution >= 0.6 is 31.9 Å². The van der Waals surface area contributed by atoms with E-state index in [9.17, 15) is 36.7 Å².